The lowest BCUT2D eigenvalue weighted by molar-refractivity contribution is -0.118. The van der Waals surface area contributed by atoms with Gasteiger partial charge in [-0.05, 0) is 26.0 Å². The van der Waals surface area contributed by atoms with Gasteiger partial charge < -0.3 is 11.1 Å². The van der Waals surface area contributed by atoms with Crippen molar-refractivity contribution >= 4 is 29.3 Å². The molecule has 94 valence electrons. The Morgan fingerprint density at radius 3 is 2.71 bits per heavy atom. The summed E-state index contributed by atoms with van der Waals surface area (Å²) < 4.78 is 0. The van der Waals surface area contributed by atoms with E-state index in [-0.39, 0.29) is 11.4 Å². The third kappa shape index (κ3) is 5.96. The molecule has 0 aliphatic carbocycles. The number of rotatable bonds is 5. The maximum absolute atomic E-state index is 11.5. The van der Waals surface area contributed by atoms with Crippen molar-refractivity contribution in [2.75, 3.05) is 12.3 Å². The molecule has 0 atom stereocenters. The van der Waals surface area contributed by atoms with Crippen molar-refractivity contribution in [3.05, 3.63) is 29.3 Å². The number of benzene rings is 1. The van der Waals surface area contributed by atoms with Gasteiger partial charge in [-0.1, -0.05) is 23.7 Å². The average Bonchev–Trinajstić information content (AvgIpc) is 2.24. The highest BCUT2D eigenvalue weighted by Crippen LogP contribution is 2.26. The summed E-state index contributed by atoms with van der Waals surface area (Å²) in [6.07, 6.45) is 0. The Morgan fingerprint density at radius 2 is 2.12 bits per heavy atom. The largest absolute Gasteiger partial charge is 0.354 e. The fourth-order valence-electron chi connectivity index (χ4n) is 1.08. The van der Waals surface area contributed by atoms with Crippen LogP contribution in [0.3, 0.4) is 0 Å². The third-order valence-corrected chi connectivity index (χ3v) is 3.45. The molecule has 0 radical (unpaired) electrons. The zero-order valence-electron chi connectivity index (χ0n) is 10.00. The van der Waals surface area contributed by atoms with E-state index in [2.05, 4.69) is 5.32 Å². The summed E-state index contributed by atoms with van der Waals surface area (Å²) in [5.41, 5.74) is 5.39. The topological polar surface area (TPSA) is 55.1 Å². The molecule has 0 unspecified atom stereocenters. The van der Waals surface area contributed by atoms with Crippen LogP contribution in [0.25, 0.3) is 0 Å². The number of thioether (sulfide) groups is 1. The predicted octanol–water partition coefficient (Wildman–Crippen LogP) is 2.29. The second kappa shape index (κ2) is 6.28. The van der Waals surface area contributed by atoms with Crippen LogP contribution in [0.15, 0.2) is 29.2 Å². The highest BCUT2D eigenvalue weighted by Gasteiger charge is 2.12. The second-order valence-electron chi connectivity index (χ2n) is 4.48. The summed E-state index contributed by atoms with van der Waals surface area (Å²) >= 11 is 7.41. The fraction of sp³-hybridized carbons (Fsp3) is 0.417. The Labute approximate surface area is 111 Å². The van der Waals surface area contributed by atoms with Crippen molar-refractivity contribution in [2.24, 2.45) is 5.73 Å². The molecule has 0 aromatic heterocycles. The van der Waals surface area contributed by atoms with E-state index in [1.54, 1.807) is 0 Å². The van der Waals surface area contributed by atoms with Crippen molar-refractivity contribution in [1.82, 2.24) is 5.32 Å². The number of hydrogen-bond donors (Lipinski definition) is 2. The molecule has 1 aromatic carbocycles. The molecule has 3 nitrogen and oxygen atoms in total. The Bertz CT molecular complexity index is 390. The number of carbonyl (C=O) groups is 1. The molecule has 0 aliphatic heterocycles. The lowest BCUT2D eigenvalue weighted by Crippen LogP contribution is -2.45. The number of carbonyl (C=O) groups excluding carboxylic acids is 1. The number of amides is 1. The molecular formula is C12H17ClN2OS. The maximum Gasteiger partial charge on any atom is 0.230 e. The Kier molecular flexibility index (Phi) is 5.31. The molecule has 1 rings (SSSR count). The van der Waals surface area contributed by atoms with Crippen LogP contribution in [0.5, 0.6) is 0 Å². The molecule has 5 heteroatoms. The van der Waals surface area contributed by atoms with Gasteiger partial charge in [-0.15, -0.1) is 11.8 Å². The predicted molar refractivity (Wildman–Crippen MR) is 73.5 cm³/mol. The van der Waals surface area contributed by atoms with E-state index in [1.165, 1.54) is 11.8 Å². The Balaban J connectivity index is 2.36. The van der Waals surface area contributed by atoms with E-state index in [4.69, 9.17) is 17.3 Å². The van der Waals surface area contributed by atoms with Crippen molar-refractivity contribution < 1.29 is 4.79 Å². The number of nitrogens with two attached hydrogens (primary N) is 1. The van der Waals surface area contributed by atoms with Crippen molar-refractivity contribution in [1.29, 1.82) is 0 Å². The van der Waals surface area contributed by atoms with Gasteiger partial charge in [0.15, 0.2) is 0 Å². The zero-order chi connectivity index (χ0) is 12.9. The molecule has 0 aliphatic rings. The van der Waals surface area contributed by atoms with E-state index in [0.717, 1.165) is 4.90 Å². The number of nitrogens with one attached hydrogen (secondary N) is 1. The summed E-state index contributed by atoms with van der Waals surface area (Å²) in [7, 11) is 0. The van der Waals surface area contributed by atoms with Crippen LogP contribution < -0.4 is 11.1 Å². The van der Waals surface area contributed by atoms with Gasteiger partial charge in [-0.25, -0.2) is 0 Å². The molecule has 1 aromatic rings. The van der Waals surface area contributed by atoms with E-state index in [0.29, 0.717) is 17.3 Å². The van der Waals surface area contributed by atoms with E-state index in [1.807, 2.05) is 38.1 Å². The summed E-state index contributed by atoms with van der Waals surface area (Å²) in [6.45, 7) is 4.21. The first-order chi connectivity index (χ1) is 7.88. The highest BCUT2D eigenvalue weighted by atomic mass is 35.5. The third-order valence-electron chi connectivity index (χ3n) is 1.94. The van der Waals surface area contributed by atoms with Crippen LogP contribution in [0.2, 0.25) is 5.02 Å². The van der Waals surface area contributed by atoms with Gasteiger partial charge in [-0.2, -0.15) is 0 Å². The van der Waals surface area contributed by atoms with Gasteiger partial charge >= 0.3 is 0 Å². The first-order valence-electron chi connectivity index (χ1n) is 5.31. The molecule has 1 amide bonds. The van der Waals surface area contributed by atoms with Crippen molar-refractivity contribution in [3.8, 4) is 0 Å². The monoisotopic (exact) mass is 272 g/mol. The van der Waals surface area contributed by atoms with E-state index < -0.39 is 0 Å². The van der Waals surface area contributed by atoms with Crippen molar-refractivity contribution in [3.63, 3.8) is 0 Å². The van der Waals surface area contributed by atoms with Gasteiger partial charge in [0.05, 0.1) is 10.8 Å². The SMILES string of the molecule is CC(C)(N)CNC(=O)CSc1ccccc1Cl. The molecule has 0 spiro atoms. The number of hydrogen-bond acceptors (Lipinski definition) is 3. The Morgan fingerprint density at radius 1 is 1.47 bits per heavy atom. The zero-order valence-corrected chi connectivity index (χ0v) is 11.6. The minimum Gasteiger partial charge on any atom is -0.354 e. The summed E-state index contributed by atoms with van der Waals surface area (Å²) in [5, 5.41) is 3.46. The molecule has 3 N–H and O–H groups in total. The Hall–Kier alpha value is -0.710. The highest BCUT2D eigenvalue weighted by molar-refractivity contribution is 8.00. The molecule has 0 saturated carbocycles. The molecular weight excluding hydrogens is 256 g/mol. The van der Waals surface area contributed by atoms with Crippen LogP contribution >= 0.6 is 23.4 Å². The smallest absolute Gasteiger partial charge is 0.230 e. The minimum atomic E-state index is -0.384. The molecule has 17 heavy (non-hydrogen) atoms. The average molecular weight is 273 g/mol. The van der Waals surface area contributed by atoms with Gasteiger partial charge in [-0.3, -0.25) is 4.79 Å². The van der Waals surface area contributed by atoms with Gasteiger partial charge in [0.1, 0.15) is 0 Å². The summed E-state index contributed by atoms with van der Waals surface area (Å²) in [6, 6.07) is 7.47. The molecule has 0 bridgehead atoms. The van der Waals surface area contributed by atoms with Crippen LogP contribution in [0.1, 0.15) is 13.8 Å². The maximum atomic E-state index is 11.5. The van der Waals surface area contributed by atoms with Crippen LogP contribution in [0, 0.1) is 0 Å². The molecule has 0 heterocycles. The fourth-order valence-corrected chi connectivity index (χ4v) is 2.15. The molecule has 0 saturated heterocycles. The van der Waals surface area contributed by atoms with E-state index in [9.17, 15) is 4.79 Å². The second-order valence-corrected chi connectivity index (χ2v) is 5.91. The first kappa shape index (κ1) is 14.4. The van der Waals surface area contributed by atoms with Gasteiger partial charge in [0.2, 0.25) is 5.91 Å². The number of halogens is 1. The van der Waals surface area contributed by atoms with Crippen LogP contribution in [0.4, 0.5) is 0 Å². The standard InChI is InChI=1S/C12H17ClN2OS/c1-12(2,14)8-15-11(16)7-17-10-6-4-3-5-9(10)13/h3-6H,7-8,14H2,1-2H3,(H,15,16). The van der Waals surface area contributed by atoms with Crippen molar-refractivity contribution in [2.45, 2.75) is 24.3 Å². The summed E-state index contributed by atoms with van der Waals surface area (Å²) in [5.74, 6) is 0.313. The normalized spacial score (nSPS) is 11.3. The van der Waals surface area contributed by atoms with E-state index >= 15 is 0 Å². The first-order valence-corrected chi connectivity index (χ1v) is 6.68. The molecule has 0 fully saturated rings. The van der Waals surface area contributed by atoms with Gasteiger partial charge in [0.25, 0.3) is 0 Å². The van der Waals surface area contributed by atoms with Gasteiger partial charge in [0, 0.05) is 17.0 Å². The quantitative estimate of drug-likeness (QED) is 0.809. The van der Waals surface area contributed by atoms with Crippen LogP contribution in [-0.2, 0) is 4.79 Å². The lowest BCUT2D eigenvalue weighted by atomic mass is 10.1. The lowest BCUT2D eigenvalue weighted by Gasteiger charge is -2.18. The van der Waals surface area contributed by atoms with Crippen LogP contribution in [-0.4, -0.2) is 23.7 Å². The summed E-state index contributed by atoms with van der Waals surface area (Å²) in [4.78, 5) is 12.5. The minimum absolute atomic E-state index is 0.0338.